The summed E-state index contributed by atoms with van der Waals surface area (Å²) in [6.07, 6.45) is 3.31. The van der Waals surface area contributed by atoms with Gasteiger partial charge in [0.2, 0.25) is 5.88 Å². The first-order valence-electron chi connectivity index (χ1n) is 8.75. The first-order chi connectivity index (χ1) is 13.1. The lowest BCUT2D eigenvalue weighted by Crippen LogP contribution is -2.39. The van der Waals surface area contributed by atoms with Crippen molar-refractivity contribution in [2.24, 2.45) is 10.3 Å². The van der Waals surface area contributed by atoms with Crippen LogP contribution < -0.4 is 4.74 Å². The molecule has 2 aromatic rings. The SMILES string of the molecule is N#Cc1ccnc(OCC2CCN(C3=NS(=O)(=O)c4ccccc43)CC2)c1. The van der Waals surface area contributed by atoms with E-state index < -0.39 is 10.0 Å². The zero-order chi connectivity index (χ0) is 18.9. The molecule has 1 saturated heterocycles. The molecule has 7 nitrogen and oxygen atoms in total. The number of likely N-dealkylation sites (tertiary alicyclic amines) is 1. The van der Waals surface area contributed by atoms with E-state index >= 15 is 0 Å². The molecule has 3 heterocycles. The van der Waals surface area contributed by atoms with Gasteiger partial charge in [0.15, 0.2) is 5.84 Å². The Bertz CT molecular complexity index is 1030. The van der Waals surface area contributed by atoms with Gasteiger partial charge in [0.1, 0.15) is 4.90 Å². The number of piperidine rings is 1. The van der Waals surface area contributed by atoms with Gasteiger partial charge in [0.05, 0.1) is 18.2 Å². The molecule has 0 amide bonds. The van der Waals surface area contributed by atoms with Crippen LogP contribution in [0.4, 0.5) is 0 Å². The van der Waals surface area contributed by atoms with E-state index in [4.69, 9.17) is 10.00 Å². The van der Waals surface area contributed by atoms with Gasteiger partial charge in [-0.3, -0.25) is 0 Å². The molecule has 0 aliphatic carbocycles. The summed E-state index contributed by atoms with van der Waals surface area (Å²) in [5, 5.41) is 8.93. The van der Waals surface area contributed by atoms with Gasteiger partial charge >= 0.3 is 0 Å². The highest BCUT2D eigenvalue weighted by Gasteiger charge is 2.33. The Kier molecular flexibility index (Phi) is 4.54. The summed E-state index contributed by atoms with van der Waals surface area (Å²) in [6, 6.07) is 12.3. The van der Waals surface area contributed by atoms with Crippen molar-refractivity contribution in [3.8, 4) is 11.9 Å². The number of ether oxygens (including phenoxy) is 1. The van der Waals surface area contributed by atoms with E-state index in [-0.39, 0.29) is 4.90 Å². The van der Waals surface area contributed by atoms with Gasteiger partial charge in [-0.15, -0.1) is 4.40 Å². The highest BCUT2D eigenvalue weighted by Crippen LogP contribution is 2.29. The quantitative estimate of drug-likeness (QED) is 0.807. The van der Waals surface area contributed by atoms with Gasteiger partial charge in [-0.25, -0.2) is 4.98 Å². The third-order valence-electron chi connectivity index (χ3n) is 4.86. The first-order valence-corrected chi connectivity index (χ1v) is 10.2. The molecule has 0 atom stereocenters. The summed E-state index contributed by atoms with van der Waals surface area (Å²) in [7, 11) is -3.58. The average Bonchev–Trinajstić information content (AvgIpc) is 2.98. The molecule has 2 aliphatic heterocycles. The zero-order valence-electron chi connectivity index (χ0n) is 14.6. The van der Waals surface area contributed by atoms with Gasteiger partial charge in [0, 0.05) is 30.9 Å². The summed E-state index contributed by atoms with van der Waals surface area (Å²) >= 11 is 0. The van der Waals surface area contributed by atoms with E-state index in [0.717, 1.165) is 25.9 Å². The smallest absolute Gasteiger partial charge is 0.285 e. The van der Waals surface area contributed by atoms with E-state index in [1.807, 2.05) is 17.0 Å². The van der Waals surface area contributed by atoms with Gasteiger partial charge in [0.25, 0.3) is 10.0 Å². The second-order valence-corrected chi connectivity index (χ2v) is 8.19. The molecule has 0 N–H and O–H groups in total. The average molecular weight is 382 g/mol. The minimum Gasteiger partial charge on any atom is -0.477 e. The van der Waals surface area contributed by atoms with E-state index in [2.05, 4.69) is 15.5 Å². The largest absolute Gasteiger partial charge is 0.477 e. The number of amidine groups is 1. The van der Waals surface area contributed by atoms with Crippen LogP contribution in [-0.2, 0) is 10.0 Å². The number of benzene rings is 1. The standard InChI is InChI=1S/C19H18N4O3S/c20-12-15-5-8-21-18(11-15)26-13-14-6-9-23(10-7-14)19-16-3-1-2-4-17(16)27(24,25)22-19/h1-5,8,11,14H,6-7,9-10,13H2. The molecule has 2 aliphatic rings. The predicted molar refractivity (Wildman–Crippen MR) is 98.9 cm³/mol. The van der Waals surface area contributed by atoms with Crippen LogP contribution >= 0.6 is 0 Å². The monoisotopic (exact) mass is 382 g/mol. The fraction of sp³-hybridized carbons (Fsp3) is 0.316. The number of nitriles is 1. The molecular formula is C19H18N4O3S. The lowest BCUT2D eigenvalue weighted by Gasteiger charge is -2.33. The van der Waals surface area contributed by atoms with E-state index in [9.17, 15) is 8.42 Å². The van der Waals surface area contributed by atoms with Gasteiger partial charge in [-0.2, -0.15) is 13.7 Å². The van der Waals surface area contributed by atoms with Gasteiger partial charge in [-0.05, 0) is 37.0 Å². The zero-order valence-corrected chi connectivity index (χ0v) is 15.4. The first kappa shape index (κ1) is 17.5. The maximum Gasteiger partial charge on any atom is 0.285 e. The van der Waals surface area contributed by atoms with Crippen LogP contribution in [0, 0.1) is 17.2 Å². The van der Waals surface area contributed by atoms with E-state index in [0.29, 0.717) is 35.4 Å². The van der Waals surface area contributed by atoms with Crippen LogP contribution in [0.25, 0.3) is 0 Å². The molecule has 0 unspecified atom stereocenters. The molecule has 27 heavy (non-hydrogen) atoms. The predicted octanol–water partition coefficient (Wildman–Crippen LogP) is 2.19. The number of rotatable bonds is 3. The molecular weight excluding hydrogens is 364 g/mol. The van der Waals surface area contributed by atoms with Crippen molar-refractivity contribution < 1.29 is 13.2 Å². The van der Waals surface area contributed by atoms with Crippen LogP contribution in [-0.4, -0.2) is 43.8 Å². The normalized spacial score (nSPS) is 18.5. The van der Waals surface area contributed by atoms with Crippen LogP contribution in [0.5, 0.6) is 5.88 Å². The van der Waals surface area contributed by atoms with Crippen molar-refractivity contribution in [2.45, 2.75) is 17.7 Å². The number of hydrogen-bond donors (Lipinski definition) is 0. The number of fused-ring (bicyclic) bond motifs is 1. The Hall–Kier alpha value is -2.92. The van der Waals surface area contributed by atoms with Crippen LogP contribution in [0.15, 0.2) is 51.9 Å². The lowest BCUT2D eigenvalue weighted by molar-refractivity contribution is 0.177. The minimum absolute atomic E-state index is 0.286. The lowest BCUT2D eigenvalue weighted by atomic mass is 9.97. The number of nitrogens with zero attached hydrogens (tertiary/aromatic N) is 4. The Labute approximate surface area is 158 Å². The maximum absolute atomic E-state index is 12.2. The molecule has 0 bridgehead atoms. The summed E-state index contributed by atoms with van der Waals surface area (Å²) < 4.78 is 34.2. The number of sulfonamides is 1. The number of hydrogen-bond acceptors (Lipinski definition) is 6. The van der Waals surface area contributed by atoms with Crippen LogP contribution in [0.2, 0.25) is 0 Å². The van der Waals surface area contributed by atoms with Gasteiger partial charge in [-0.1, -0.05) is 12.1 Å². The summed E-state index contributed by atoms with van der Waals surface area (Å²) in [5.41, 5.74) is 1.21. The summed E-state index contributed by atoms with van der Waals surface area (Å²) in [5.74, 6) is 1.35. The highest BCUT2D eigenvalue weighted by molar-refractivity contribution is 7.90. The summed E-state index contributed by atoms with van der Waals surface area (Å²) in [6.45, 7) is 1.97. The number of aromatic nitrogens is 1. The molecule has 1 fully saturated rings. The third-order valence-corrected chi connectivity index (χ3v) is 6.18. The molecule has 0 spiro atoms. The Balaban J connectivity index is 1.38. The van der Waals surface area contributed by atoms with Crippen LogP contribution in [0.1, 0.15) is 24.0 Å². The Morgan fingerprint density at radius 2 is 2.00 bits per heavy atom. The van der Waals surface area contributed by atoms with E-state index in [1.54, 1.807) is 30.5 Å². The van der Waals surface area contributed by atoms with Crippen molar-refractivity contribution in [1.82, 2.24) is 9.88 Å². The second-order valence-electron chi connectivity index (χ2n) is 6.62. The van der Waals surface area contributed by atoms with E-state index in [1.165, 1.54) is 0 Å². The molecule has 1 aromatic heterocycles. The molecule has 0 radical (unpaired) electrons. The molecule has 8 heteroatoms. The fourth-order valence-electron chi connectivity index (χ4n) is 3.39. The van der Waals surface area contributed by atoms with Crippen LogP contribution in [0.3, 0.4) is 0 Å². The maximum atomic E-state index is 12.2. The Morgan fingerprint density at radius 3 is 2.78 bits per heavy atom. The Morgan fingerprint density at radius 1 is 1.22 bits per heavy atom. The van der Waals surface area contributed by atoms with Crippen molar-refractivity contribution >= 4 is 15.9 Å². The molecule has 138 valence electrons. The molecule has 4 rings (SSSR count). The van der Waals surface area contributed by atoms with Crippen molar-refractivity contribution in [2.75, 3.05) is 19.7 Å². The molecule has 0 saturated carbocycles. The van der Waals surface area contributed by atoms with Crippen molar-refractivity contribution in [3.05, 3.63) is 53.7 Å². The topological polar surface area (TPSA) is 95.7 Å². The minimum atomic E-state index is -3.58. The second kappa shape index (κ2) is 7.00. The van der Waals surface area contributed by atoms with Crippen molar-refractivity contribution in [1.29, 1.82) is 5.26 Å². The molecule has 1 aromatic carbocycles. The third kappa shape index (κ3) is 3.51. The van der Waals surface area contributed by atoms with Crippen molar-refractivity contribution in [3.63, 3.8) is 0 Å². The fourth-order valence-corrected chi connectivity index (χ4v) is 4.62. The summed E-state index contributed by atoms with van der Waals surface area (Å²) in [4.78, 5) is 6.44. The highest BCUT2D eigenvalue weighted by atomic mass is 32.2. The number of pyridine rings is 1. The van der Waals surface area contributed by atoms with Gasteiger partial charge < -0.3 is 9.64 Å².